The third kappa shape index (κ3) is 7.88. The van der Waals surface area contributed by atoms with Crippen LogP contribution in [0, 0.1) is 13.8 Å². The molecule has 2 aliphatic rings. The zero-order valence-electron chi connectivity index (χ0n) is 34.8. The fourth-order valence-corrected chi connectivity index (χ4v) is 9.25. The summed E-state index contributed by atoms with van der Waals surface area (Å²) in [5, 5.41) is 3.63. The highest BCUT2D eigenvalue weighted by molar-refractivity contribution is 9.10. The Labute approximate surface area is 359 Å². The van der Waals surface area contributed by atoms with Crippen molar-refractivity contribution in [2.75, 3.05) is 11.1 Å². The van der Waals surface area contributed by atoms with Gasteiger partial charge in [0, 0.05) is 32.4 Å². The minimum Gasteiger partial charge on any atom is -0.399 e. The van der Waals surface area contributed by atoms with Crippen molar-refractivity contribution >= 4 is 33.0 Å². The number of hydrogen-bond donors (Lipinski definition) is 2. The number of halogens is 1. The van der Waals surface area contributed by atoms with Crippen molar-refractivity contribution in [2.24, 2.45) is 0 Å². The third-order valence-electron chi connectivity index (χ3n) is 12.1. The van der Waals surface area contributed by atoms with Gasteiger partial charge in [-0.15, -0.1) is 0 Å². The minimum absolute atomic E-state index is 0.0205. The molecule has 0 spiro atoms. The molecule has 0 amide bonds. The molecule has 0 aliphatic heterocycles. The number of nitrogen functional groups attached to an aromatic ring is 1. The summed E-state index contributed by atoms with van der Waals surface area (Å²) in [6.45, 7) is 13.5. The summed E-state index contributed by atoms with van der Waals surface area (Å²) in [5.74, 6) is 0. The number of aryl methyl sites for hydroxylation is 2. The van der Waals surface area contributed by atoms with Gasteiger partial charge in [0.2, 0.25) is 0 Å². The smallest absolute Gasteiger partial charge is 0.0390 e. The van der Waals surface area contributed by atoms with E-state index in [1.807, 2.05) is 30.3 Å². The second kappa shape index (κ2) is 16.2. The molecule has 3 N–H and O–H groups in total. The number of hydrogen-bond acceptors (Lipinski definition) is 2. The molecule has 0 unspecified atom stereocenters. The molecule has 0 saturated heterocycles. The lowest BCUT2D eigenvalue weighted by molar-refractivity contribution is 0.660. The Kier molecular flexibility index (Phi) is 10.9. The maximum atomic E-state index is 5.75. The molecule has 10 rings (SSSR count). The van der Waals surface area contributed by atoms with E-state index >= 15 is 0 Å². The van der Waals surface area contributed by atoms with Crippen LogP contribution >= 0.6 is 15.9 Å². The molecule has 8 aromatic rings. The first kappa shape index (κ1) is 39.7. The molecule has 0 bridgehead atoms. The van der Waals surface area contributed by atoms with Gasteiger partial charge in [0.25, 0.3) is 0 Å². The quantitative estimate of drug-likeness (QED) is 0.173. The fraction of sp³-hybridized carbons (Fsp3) is 0.143. The lowest BCUT2D eigenvalue weighted by atomic mass is 9.82. The van der Waals surface area contributed by atoms with Crippen LogP contribution in [-0.4, -0.2) is 0 Å². The molecule has 292 valence electrons. The van der Waals surface area contributed by atoms with E-state index in [4.69, 9.17) is 5.73 Å². The minimum atomic E-state index is 0.0205. The van der Waals surface area contributed by atoms with Crippen LogP contribution in [0.5, 0.6) is 0 Å². The predicted molar refractivity (Wildman–Crippen MR) is 257 cm³/mol. The van der Waals surface area contributed by atoms with E-state index in [9.17, 15) is 0 Å². The first-order valence-corrected chi connectivity index (χ1v) is 21.2. The zero-order valence-corrected chi connectivity index (χ0v) is 36.4. The third-order valence-corrected chi connectivity index (χ3v) is 12.6. The van der Waals surface area contributed by atoms with Gasteiger partial charge in [0.15, 0.2) is 0 Å². The van der Waals surface area contributed by atoms with Crippen molar-refractivity contribution in [3.63, 3.8) is 0 Å². The monoisotopic (exact) mass is 830 g/mol. The van der Waals surface area contributed by atoms with Crippen molar-refractivity contribution in [1.82, 2.24) is 0 Å². The second-order valence-electron chi connectivity index (χ2n) is 16.8. The van der Waals surface area contributed by atoms with Crippen LogP contribution in [0.3, 0.4) is 0 Å². The van der Waals surface area contributed by atoms with Gasteiger partial charge >= 0.3 is 0 Å². The van der Waals surface area contributed by atoms with E-state index in [-0.39, 0.29) is 10.8 Å². The average molecular weight is 832 g/mol. The largest absolute Gasteiger partial charge is 0.399 e. The lowest BCUT2D eigenvalue weighted by Gasteiger charge is -2.22. The first-order chi connectivity index (χ1) is 28.4. The molecule has 0 heterocycles. The Morgan fingerprint density at radius 3 is 1.39 bits per heavy atom. The summed E-state index contributed by atoms with van der Waals surface area (Å²) < 4.78 is 1.16. The summed E-state index contributed by atoms with van der Waals surface area (Å²) in [7, 11) is 0. The van der Waals surface area contributed by atoms with Gasteiger partial charge in [-0.3, -0.25) is 0 Å². The Hall–Kier alpha value is -6.16. The summed E-state index contributed by atoms with van der Waals surface area (Å²) in [6, 6.07) is 64.3. The molecule has 0 aromatic heterocycles. The first-order valence-electron chi connectivity index (χ1n) is 20.4. The molecule has 8 aromatic carbocycles. The topological polar surface area (TPSA) is 38.0 Å². The highest BCUT2D eigenvalue weighted by Crippen LogP contribution is 2.50. The molecule has 2 aliphatic carbocycles. The maximum absolute atomic E-state index is 5.75. The van der Waals surface area contributed by atoms with Crippen LogP contribution in [0.15, 0.2) is 186 Å². The van der Waals surface area contributed by atoms with Gasteiger partial charge in [0.1, 0.15) is 0 Å². The second-order valence-corrected chi connectivity index (χ2v) is 17.7. The number of benzene rings is 8. The number of anilines is 3. The highest BCUT2D eigenvalue weighted by atomic mass is 79.9. The summed E-state index contributed by atoms with van der Waals surface area (Å²) in [5.41, 5.74) is 27.6. The Balaban J connectivity index is 0.000000136. The molecule has 2 nitrogen and oxygen atoms in total. The number of nitrogens with two attached hydrogens (primary N) is 1. The van der Waals surface area contributed by atoms with Gasteiger partial charge in [-0.2, -0.15) is 0 Å². The SMILES string of the molecule is CC1(C)c2ccccc2-c2ccc(Br)cc21.Cc1ccccc1-c1cccc(N)c1.Cc1ccccc1-c1cccc(Nc2ccc3c(c2)C(C)(C)c2ccccc2-3)c1. The molecular formula is C56H51BrN2. The van der Waals surface area contributed by atoms with Gasteiger partial charge in [-0.1, -0.05) is 177 Å². The number of rotatable bonds is 4. The van der Waals surface area contributed by atoms with E-state index in [1.54, 1.807) is 0 Å². The molecule has 0 radical (unpaired) electrons. The van der Waals surface area contributed by atoms with Crippen LogP contribution in [0.2, 0.25) is 0 Å². The average Bonchev–Trinajstić information content (AvgIpc) is 3.60. The van der Waals surface area contributed by atoms with Crippen molar-refractivity contribution in [3.05, 3.63) is 220 Å². The van der Waals surface area contributed by atoms with E-state index in [0.29, 0.717) is 0 Å². The van der Waals surface area contributed by atoms with Crippen LogP contribution in [0.1, 0.15) is 61.1 Å². The van der Waals surface area contributed by atoms with Crippen LogP contribution < -0.4 is 11.1 Å². The molecule has 0 saturated carbocycles. The van der Waals surface area contributed by atoms with Crippen LogP contribution in [-0.2, 0) is 10.8 Å². The van der Waals surface area contributed by atoms with Gasteiger partial charge < -0.3 is 11.1 Å². The molecule has 59 heavy (non-hydrogen) atoms. The Morgan fingerprint density at radius 1 is 0.390 bits per heavy atom. The van der Waals surface area contributed by atoms with E-state index in [1.165, 1.54) is 77.9 Å². The molecule has 0 atom stereocenters. The van der Waals surface area contributed by atoms with Crippen molar-refractivity contribution in [3.8, 4) is 44.5 Å². The summed E-state index contributed by atoms with van der Waals surface area (Å²) in [6.07, 6.45) is 0. The maximum Gasteiger partial charge on any atom is 0.0390 e. The van der Waals surface area contributed by atoms with Gasteiger partial charge in [-0.25, -0.2) is 0 Å². The van der Waals surface area contributed by atoms with E-state index in [0.717, 1.165) is 21.5 Å². The van der Waals surface area contributed by atoms with Crippen molar-refractivity contribution in [1.29, 1.82) is 0 Å². The van der Waals surface area contributed by atoms with Gasteiger partial charge in [-0.05, 0) is 140 Å². The van der Waals surface area contributed by atoms with Crippen molar-refractivity contribution in [2.45, 2.75) is 52.4 Å². The van der Waals surface area contributed by atoms with Gasteiger partial charge in [0.05, 0.1) is 0 Å². The zero-order chi connectivity index (χ0) is 41.3. The van der Waals surface area contributed by atoms with Crippen LogP contribution in [0.4, 0.5) is 17.1 Å². The number of nitrogens with one attached hydrogen (secondary N) is 1. The van der Waals surface area contributed by atoms with Crippen molar-refractivity contribution < 1.29 is 0 Å². The Morgan fingerprint density at radius 2 is 0.831 bits per heavy atom. The summed E-state index contributed by atoms with van der Waals surface area (Å²) in [4.78, 5) is 0. The van der Waals surface area contributed by atoms with E-state index < -0.39 is 0 Å². The van der Waals surface area contributed by atoms with E-state index in [2.05, 4.69) is 214 Å². The Bertz CT molecular complexity index is 2810. The van der Waals surface area contributed by atoms with Crippen LogP contribution in [0.25, 0.3) is 44.5 Å². The summed E-state index contributed by atoms with van der Waals surface area (Å²) >= 11 is 3.56. The predicted octanol–water partition coefficient (Wildman–Crippen LogP) is 15.7. The highest BCUT2D eigenvalue weighted by Gasteiger charge is 2.36. The lowest BCUT2D eigenvalue weighted by Crippen LogP contribution is -2.15. The standard InChI is InChI=1S/C28H25N.C15H13Br.C13H13N/c1-19-9-4-5-12-23(19)20-10-8-11-21(17-20)29-22-15-16-25-24-13-6-7-14-26(24)28(2,3)27(25)18-22;1-15(2)13-6-4-3-5-11(13)12-8-7-10(16)9-14(12)15;1-10-5-2-3-8-13(10)11-6-4-7-12(14)9-11/h4-18,29H,1-3H3;3-9H,1-2H3;2-9H,14H2,1H3. The molecule has 0 fully saturated rings. The molecular weight excluding hydrogens is 781 g/mol. The number of fused-ring (bicyclic) bond motifs is 6. The fourth-order valence-electron chi connectivity index (χ4n) is 8.89. The molecule has 3 heteroatoms. The normalized spacial score (nSPS) is 13.3.